The summed E-state index contributed by atoms with van der Waals surface area (Å²) in [6.45, 7) is 11.0. The molecule has 0 saturated carbocycles. The average molecular weight is 333 g/mol. The standard InChI is InChI=1S/C15H28N2O2S2/c1-6-13(7-2)17(10-11(3)4)21(18,19)15-8-14(9-16)20-12(15)5/h8,11,13H,6-7,9-10,16H2,1-5H3. The van der Waals surface area contributed by atoms with Gasteiger partial charge in [0.25, 0.3) is 0 Å². The van der Waals surface area contributed by atoms with Gasteiger partial charge in [0.15, 0.2) is 0 Å². The third-order valence-corrected chi connectivity index (χ3v) is 6.85. The predicted octanol–water partition coefficient (Wildman–Crippen LogP) is 3.35. The van der Waals surface area contributed by atoms with Gasteiger partial charge in [-0.2, -0.15) is 4.31 Å². The summed E-state index contributed by atoms with van der Waals surface area (Å²) in [5.41, 5.74) is 5.65. The molecule has 4 nitrogen and oxygen atoms in total. The number of sulfonamides is 1. The first-order valence-electron chi connectivity index (χ1n) is 7.59. The molecule has 0 aromatic carbocycles. The Hall–Kier alpha value is -0.430. The smallest absolute Gasteiger partial charge is 0.244 e. The SMILES string of the molecule is CCC(CC)N(CC(C)C)S(=O)(=O)c1cc(CN)sc1C. The molecule has 2 N–H and O–H groups in total. The van der Waals surface area contributed by atoms with Crippen molar-refractivity contribution in [3.8, 4) is 0 Å². The summed E-state index contributed by atoms with van der Waals surface area (Å²) < 4.78 is 27.8. The van der Waals surface area contributed by atoms with Crippen molar-refractivity contribution in [1.82, 2.24) is 4.31 Å². The fraction of sp³-hybridized carbons (Fsp3) is 0.733. The molecule has 0 unspecified atom stereocenters. The van der Waals surface area contributed by atoms with Crippen molar-refractivity contribution >= 4 is 21.4 Å². The Morgan fingerprint density at radius 1 is 1.29 bits per heavy atom. The lowest BCUT2D eigenvalue weighted by Crippen LogP contribution is -2.42. The van der Waals surface area contributed by atoms with E-state index in [0.717, 1.165) is 22.6 Å². The summed E-state index contributed by atoms with van der Waals surface area (Å²) in [5, 5.41) is 0. The molecule has 0 aliphatic heterocycles. The van der Waals surface area contributed by atoms with E-state index in [2.05, 4.69) is 13.8 Å². The van der Waals surface area contributed by atoms with Crippen molar-refractivity contribution < 1.29 is 8.42 Å². The Morgan fingerprint density at radius 2 is 1.86 bits per heavy atom. The molecule has 6 heteroatoms. The second kappa shape index (κ2) is 7.72. The van der Waals surface area contributed by atoms with Gasteiger partial charge in [0.1, 0.15) is 0 Å². The Bertz CT molecular complexity index is 546. The first-order valence-corrected chi connectivity index (χ1v) is 9.84. The van der Waals surface area contributed by atoms with Crippen molar-refractivity contribution in [2.45, 2.75) is 64.9 Å². The van der Waals surface area contributed by atoms with Crippen LogP contribution in [0.4, 0.5) is 0 Å². The molecule has 1 aromatic rings. The maximum absolute atomic E-state index is 13.1. The molecule has 1 aromatic heterocycles. The summed E-state index contributed by atoms with van der Waals surface area (Å²) in [4.78, 5) is 2.18. The fourth-order valence-corrected chi connectivity index (χ4v) is 5.93. The number of thiophene rings is 1. The van der Waals surface area contributed by atoms with Gasteiger partial charge in [-0.1, -0.05) is 27.7 Å². The summed E-state index contributed by atoms with van der Waals surface area (Å²) in [5.74, 6) is 0.299. The van der Waals surface area contributed by atoms with E-state index in [-0.39, 0.29) is 6.04 Å². The maximum Gasteiger partial charge on any atom is 0.244 e. The second-order valence-corrected chi connectivity index (χ2v) is 8.98. The van der Waals surface area contributed by atoms with Gasteiger partial charge in [-0.15, -0.1) is 11.3 Å². The van der Waals surface area contributed by atoms with Gasteiger partial charge in [-0.05, 0) is 31.7 Å². The van der Waals surface area contributed by atoms with Crippen LogP contribution in [0.25, 0.3) is 0 Å². The van der Waals surface area contributed by atoms with Gasteiger partial charge in [0.2, 0.25) is 10.0 Å². The predicted molar refractivity (Wildman–Crippen MR) is 90.0 cm³/mol. The molecule has 1 heterocycles. The van der Waals surface area contributed by atoms with E-state index in [9.17, 15) is 8.42 Å². The zero-order valence-electron chi connectivity index (χ0n) is 13.7. The Balaban J connectivity index is 3.28. The van der Waals surface area contributed by atoms with Crippen LogP contribution in [0.1, 0.15) is 50.3 Å². The molecule has 0 saturated heterocycles. The summed E-state index contributed by atoms with van der Waals surface area (Å²) in [6.07, 6.45) is 1.66. The Labute approximate surface area is 133 Å². The molecule has 0 spiro atoms. The van der Waals surface area contributed by atoms with E-state index in [1.54, 1.807) is 10.4 Å². The van der Waals surface area contributed by atoms with Crippen LogP contribution in [0.3, 0.4) is 0 Å². The topological polar surface area (TPSA) is 63.4 Å². The molecule has 0 atom stereocenters. The van der Waals surface area contributed by atoms with Crippen molar-refractivity contribution in [3.05, 3.63) is 15.8 Å². The van der Waals surface area contributed by atoms with E-state index in [1.807, 2.05) is 20.8 Å². The third-order valence-electron chi connectivity index (χ3n) is 3.61. The van der Waals surface area contributed by atoms with E-state index in [0.29, 0.717) is 23.9 Å². The zero-order chi connectivity index (χ0) is 16.2. The van der Waals surface area contributed by atoms with E-state index in [1.165, 1.54) is 11.3 Å². The lowest BCUT2D eigenvalue weighted by Gasteiger charge is -2.31. The molecule has 122 valence electrons. The number of hydrogen-bond donors (Lipinski definition) is 1. The van der Waals surface area contributed by atoms with Crippen molar-refractivity contribution in [1.29, 1.82) is 0 Å². The van der Waals surface area contributed by atoms with Gasteiger partial charge >= 0.3 is 0 Å². The third kappa shape index (κ3) is 4.28. The van der Waals surface area contributed by atoms with Crippen LogP contribution in [-0.2, 0) is 16.6 Å². The summed E-state index contributed by atoms with van der Waals surface area (Å²) in [7, 11) is -3.45. The van der Waals surface area contributed by atoms with Gasteiger partial charge in [-0.25, -0.2) is 8.42 Å². The van der Waals surface area contributed by atoms with Crippen LogP contribution in [0, 0.1) is 12.8 Å². The van der Waals surface area contributed by atoms with Crippen LogP contribution in [0.15, 0.2) is 11.0 Å². The highest BCUT2D eigenvalue weighted by Crippen LogP contribution is 2.30. The van der Waals surface area contributed by atoms with Gasteiger partial charge in [-0.3, -0.25) is 0 Å². The molecule has 0 aliphatic carbocycles. The number of nitrogens with zero attached hydrogens (tertiary/aromatic N) is 1. The number of aryl methyl sites for hydroxylation is 1. The molecule has 0 radical (unpaired) electrons. The highest BCUT2D eigenvalue weighted by molar-refractivity contribution is 7.89. The lowest BCUT2D eigenvalue weighted by molar-refractivity contribution is 0.277. The maximum atomic E-state index is 13.1. The molecule has 1 rings (SSSR count). The molecule has 21 heavy (non-hydrogen) atoms. The van der Waals surface area contributed by atoms with Crippen LogP contribution >= 0.6 is 11.3 Å². The average Bonchev–Trinajstić information content (AvgIpc) is 2.80. The van der Waals surface area contributed by atoms with Gasteiger partial charge < -0.3 is 5.73 Å². The second-order valence-electron chi connectivity index (χ2n) is 5.78. The highest BCUT2D eigenvalue weighted by atomic mass is 32.2. The molecule has 0 amide bonds. The first kappa shape index (κ1) is 18.6. The van der Waals surface area contributed by atoms with E-state index in [4.69, 9.17) is 5.73 Å². The van der Waals surface area contributed by atoms with Crippen LogP contribution < -0.4 is 5.73 Å². The van der Waals surface area contributed by atoms with E-state index >= 15 is 0 Å². The Morgan fingerprint density at radius 3 is 2.24 bits per heavy atom. The number of nitrogens with two attached hydrogens (primary N) is 1. The van der Waals surface area contributed by atoms with Crippen molar-refractivity contribution in [3.63, 3.8) is 0 Å². The van der Waals surface area contributed by atoms with Crippen LogP contribution in [-0.4, -0.2) is 25.3 Å². The monoisotopic (exact) mass is 332 g/mol. The lowest BCUT2D eigenvalue weighted by atomic mass is 10.1. The van der Waals surface area contributed by atoms with Crippen LogP contribution in [0.5, 0.6) is 0 Å². The molecule has 0 bridgehead atoms. The molecule has 0 aliphatic rings. The van der Waals surface area contributed by atoms with Gasteiger partial charge in [0, 0.05) is 28.9 Å². The first-order chi connectivity index (χ1) is 9.77. The Kier molecular flexibility index (Phi) is 6.84. The highest BCUT2D eigenvalue weighted by Gasteiger charge is 2.32. The quantitative estimate of drug-likeness (QED) is 0.794. The largest absolute Gasteiger partial charge is 0.326 e. The normalized spacial score (nSPS) is 12.8. The number of hydrogen-bond acceptors (Lipinski definition) is 4. The minimum Gasteiger partial charge on any atom is -0.326 e. The van der Waals surface area contributed by atoms with Crippen LogP contribution in [0.2, 0.25) is 0 Å². The summed E-state index contributed by atoms with van der Waals surface area (Å²) >= 11 is 1.47. The molecule has 0 fully saturated rings. The minimum absolute atomic E-state index is 0.0537. The zero-order valence-corrected chi connectivity index (χ0v) is 15.4. The number of rotatable bonds is 8. The molecular formula is C15H28N2O2S2. The fourth-order valence-electron chi connectivity index (χ4n) is 2.51. The molecular weight excluding hydrogens is 304 g/mol. The minimum atomic E-state index is -3.45. The van der Waals surface area contributed by atoms with Crippen molar-refractivity contribution in [2.75, 3.05) is 6.54 Å². The van der Waals surface area contributed by atoms with Crippen molar-refractivity contribution in [2.24, 2.45) is 11.7 Å². The van der Waals surface area contributed by atoms with Gasteiger partial charge in [0.05, 0.1) is 4.90 Å². The summed E-state index contributed by atoms with van der Waals surface area (Å²) in [6, 6.07) is 1.79. The van der Waals surface area contributed by atoms with E-state index < -0.39 is 10.0 Å².